The van der Waals surface area contributed by atoms with Crippen molar-refractivity contribution in [3.63, 3.8) is 0 Å². The van der Waals surface area contributed by atoms with E-state index in [-0.39, 0.29) is 6.10 Å². The SMILES string of the molecule is C=CC(=O)O.CCCCCCCCC(OCCC)c1ccccc1O. The zero-order chi connectivity index (χ0) is 18.9. The highest BCUT2D eigenvalue weighted by Crippen LogP contribution is 2.30. The molecule has 0 saturated carbocycles. The van der Waals surface area contributed by atoms with Gasteiger partial charge in [0, 0.05) is 18.2 Å². The van der Waals surface area contributed by atoms with Crippen LogP contribution in [-0.4, -0.2) is 22.8 Å². The van der Waals surface area contributed by atoms with Gasteiger partial charge in [0.2, 0.25) is 0 Å². The first-order chi connectivity index (χ1) is 12.1. The van der Waals surface area contributed by atoms with Crippen LogP contribution in [-0.2, 0) is 9.53 Å². The van der Waals surface area contributed by atoms with Crippen molar-refractivity contribution in [1.82, 2.24) is 0 Å². The Labute approximate surface area is 152 Å². The van der Waals surface area contributed by atoms with Crippen molar-refractivity contribution in [3.05, 3.63) is 42.5 Å². The van der Waals surface area contributed by atoms with Gasteiger partial charge in [-0.25, -0.2) is 4.79 Å². The first-order valence-electron chi connectivity index (χ1n) is 9.31. The maximum atomic E-state index is 9.97. The van der Waals surface area contributed by atoms with Crippen LogP contribution < -0.4 is 0 Å². The van der Waals surface area contributed by atoms with E-state index in [4.69, 9.17) is 9.84 Å². The number of hydrogen-bond acceptors (Lipinski definition) is 3. The number of hydrogen-bond donors (Lipinski definition) is 2. The second kappa shape index (κ2) is 15.7. The predicted molar refractivity (Wildman–Crippen MR) is 103 cm³/mol. The van der Waals surface area contributed by atoms with Gasteiger partial charge in [-0.15, -0.1) is 0 Å². The summed E-state index contributed by atoms with van der Waals surface area (Å²) in [4.78, 5) is 9.25. The quantitative estimate of drug-likeness (QED) is 0.365. The first kappa shape index (κ1) is 23.2. The number of carbonyl (C=O) groups is 1. The smallest absolute Gasteiger partial charge is 0.327 e. The molecule has 0 aliphatic carbocycles. The lowest BCUT2D eigenvalue weighted by Gasteiger charge is -2.19. The first-order valence-corrected chi connectivity index (χ1v) is 9.31. The molecule has 0 aromatic heterocycles. The van der Waals surface area contributed by atoms with Crippen LogP contribution in [0.25, 0.3) is 0 Å². The van der Waals surface area contributed by atoms with Gasteiger partial charge in [-0.05, 0) is 18.9 Å². The molecule has 25 heavy (non-hydrogen) atoms. The molecule has 0 bridgehead atoms. The Morgan fingerprint density at radius 2 is 1.72 bits per heavy atom. The number of aromatic hydroxyl groups is 1. The fraction of sp³-hybridized carbons (Fsp3) is 0.571. The molecule has 1 aromatic carbocycles. The van der Waals surface area contributed by atoms with Gasteiger partial charge in [0.05, 0.1) is 6.10 Å². The molecule has 0 aliphatic rings. The standard InChI is InChI=1S/C18H30O2.C3H4O2/c1-3-5-6-7-8-9-14-18(20-15-4-2)16-12-10-11-13-17(16)19;1-2-3(4)5/h10-13,18-19H,3-9,14-15H2,1-2H3;2H,1H2,(H,4,5). The van der Waals surface area contributed by atoms with Crippen LogP contribution in [0.2, 0.25) is 0 Å². The van der Waals surface area contributed by atoms with E-state index in [9.17, 15) is 9.90 Å². The molecule has 1 atom stereocenters. The Bertz CT molecular complexity index is 471. The van der Waals surface area contributed by atoms with E-state index in [1.54, 1.807) is 6.07 Å². The van der Waals surface area contributed by atoms with Crippen LogP contribution in [0, 0.1) is 0 Å². The van der Waals surface area contributed by atoms with Gasteiger partial charge in [-0.3, -0.25) is 0 Å². The molecule has 1 unspecified atom stereocenters. The zero-order valence-corrected chi connectivity index (χ0v) is 15.7. The van der Waals surface area contributed by atoms with Crippen molar-refractivity contribution < 1.29 is 19.7 Å². The summed E-state index contributed by atoms with van der Waals surface area (Å²) in [5, 5.41) is 17.6. The third-order valence-corrected chi connectivity index (χ3v) is 3.80. The maximum Gasteiger partial charge on any atom is 0.327 e. The summed E-state index contributed by atoms with van der Waals surface area (Å²) >= 11 is 0. The topological polar surface area (TPSA) is 66.8 Å². The number of para-hydroxylation sites is 1. The van der Waals surface area contributed by atoms with E-state index in [1.807, 2.05) is 18.2 Å². The molecule has 0 heterocycles. The average molecular weight is 350 g/mol. The normalized spacial score (nSPS) is 11.3. The molecule has 4 nitrogen and oxygen atoms in total. The number of rotatable bonds is 12. The van der Waals surface area contributed by atoms with Gasteiger partial charge >= 0.3 is 5.97 Å². The van der Waals surface area contributed by atoms with Crippen LogP contribution >= 0.6 is 0 Å². The van der Waals surface area contributed by atoms with Crippen molar-refractivity contribution in [2.45, 2.75) is 71.3 Å². The molecule has 1 aromatic rings. The van der Waals surface area contributed by atoms with Crippen LogP contribution in [0.3, 0.4) is 0 Å². The van der Waals surface area contributed by atoms with Gasteiger partial charge in [0.15, 0.2) is 0 Å². The molecular formula is C21H34O4. The average Bonchev–Trinajstić information content (AvgIpc) is 2.61. The highest BCUT2D eigenvalue weighted by Gasteiger charge is 2.14. The third kappa shape index (κ3) is 12.2. The molecule has 0 radical (unpaired) electrons. The fourth-order valence-electron chi connectivity index (χ4n) is 2.46. The summed E-state index contributed by atoms with van der Waals surface area (Å²) in [6.45, 7) is 8.08. The van der Waals surface area contributed by atoms with Crippen molar-refractivity contribution in [2.75, 3.05) is 6.61 Å². The number of phenols is 1. The minimum atomic E-state index is -0.981. The largest absolute Gasteiger partial charge is 0.508 e. The molecule has 4 heteroatoms. The molecule has 2 N–H and O–H groups in total. The lowest BCUT2D eigenvalue weighted by molar-refractivity contribution is -0.131. The van der Waals surface area contributed by atoms with Crippen molar-refractivity contribution in [1.29, 1.82) is 0 Å². The van der Waals surface area contributed by atoms with Crippen LogP contribution in [0.4, 0.5) is 0 Å². The maximum absolute atomic E-state index is 9.97. The van der Waals surface area contributed by atoms with E-state index in [1.165, 1.54) is 38.5 Å². The Hall–Kier alpha value is -1.81. The van der Waals surface area contributed by atoms with Crippen molar-refractivity contribution in [3.8, 4) is 5.75 Å². The minimum absolute atomic E-state index is 0.0438. The summed E-state index contributed by atoms with van der Waals surface area (Å²) in [5.74, 6) is -0.621. The summed E-state index contributed by atoms with van der Waals surface area (Å²) in [5.41, 5.74) is 0.939. The van der Waals surface area contributed by atoms with Crippen molar-refractivity contribution >= 4 is 5.97 Å². The van der Waals surface area contributed by atoms with E-state index in [0.717, 1.165) is 31.1 Å². The Kier molecular flexibility index (Phi) is 14.6. The number of carboxylic acid groups (broad SMARTS) is 1. The Morgan fingerprint density at radius 3 is 2.28 bits per heavy atom. The van der Waals surface area contributed by atoms with E-state index < -0.39 is 5.97 Å². The fourth-order valence-corrected chi connectivity index (χ4v) is 2.46. The Morgan fingerprint density at radius 1 is 1.12 bits per heavy atom. The second-order valence-electron chi connectivity index (χ2n) is 6.02. The van der Waals surface area contributed by atoms with Crippen LogP contribution in [0.15, 0.2) is 36.9 Å². The van der Waals surface area contributed by atoms with Gasteiger partial charge in [0.25, 0.3) is 0 Å². The van der Waals surface area contributed by atoms with Crippen LogP contribution in [0.5, 0.6) is 5.75 Å². The lowest BCUT2D eigenvalue weighted by Crippen LogP contribution is -2.06. The van der Waals surface area contributed by atoms with E-state index in [0.29, 0.717) is 5.75 Å². The zero-order valence-electron chi connectivity index (χ0n) is 15.7. The van der Waals surface area contributed by atoms with Gasteiger partial charge in [0.1, 0.15) is 5.75 Å². The molecule has 0 spiro atoms. The van der Waals surface area contributed by atoms with Gasteiger partial charge < -0.3 is 14.9 Å². The second-order valence-corrected chi connectivity index (χ2v) is 6.02. The number of benzene rings is 1. The van der Waals surface area contributed by atoms with Gasteiger partial charge in [-0.2, -0.15) is 0 Å². The molecule has 0 fully saturated rings. The van der Waals surface area contributed by atoms with Crippen LogP contribution in [0.1, 0.15) is 76.9 Å². The highest BCUT2D eigenvalue weighted by atomic mass is 16.5. The highest BCUT2D eigenvalue weighted by molar-refractivity contribution is 5.78. The minimum Gasteiger partial charge on any atom is -0.508 e. The van der Waals surface area contributed by atoms with E-state index >= 15 is 0 Å². The van der Waals surface area contributed by atoms with Crippen molar-refractivity contribution in [2.24, 2.45) is 0 Å². The number of carboxylic acids is 1. The number of ether oxygens (including phenoxy) is 1. The summed E-state index contributed by atoms with van der Waals surface area (Å²) < 4.78 is 5.93. The molecular weight excluding hydrogens is 316 g/mol. The van der Waals surface area contributed by atoms with Gasteiger partial charge in [-0.1, -0.05) is 77.2 Å². The molecule has 0 aliphatic heterocycles. The predicted octanol–water partition coefficient (Wildman–Crippen LogP) is 5.87. The number of aliphatic carboxylic acids is 1. The van der Waals surface area contributed by atoms with E-state index in [2.05, 4.69) is 20.4 Å². The molecule has 0 amide bonds. The number of unbranched alkanes of at least 4 members (excludes halogenated alkanes) is 5. The molecule has 1 rings (SSSR count). The third-order valence-electron chi connectivity index (χ3n) is 3.80. The molecule has 142 valence electrons. The lowest BCUT2D eigenvalue weighted by atomic mass is 10.0. The molecule has 0 saturated heterocycles. The summed E-state index contributed by atoms with van der Waals surface area (Å²) in [6, 6.07) is 7.56. The monoisotopic (exact) mass is 350 g/mol. The summed E-state index contributed by atoms with van der Waals surface area (Å²) in [7, 11) is 0. The summed E-state index contributed by atoms with van der Waals surface area (Å²) in [6.07, 6.45) is 10.6. The number of phenolic OH excluding ortho intramolecular Hbond substituents is 1. The Balaban J connectivity index is 0.00000101.